The Balaban J connectivity index is 2.02. The lowest BCUT2D eigenvalue weighted by Gasteiger charge is -2.30. The fraction of sp³-hybridized carbons (Fsp3) is 0.381. The Hall–Kier alpha value is -2.13. The molecule has 1 aliphatic heterocycles. The van der Waals surface area contributed by atoms with Gasteiger partial charge in [0.05, 0.1) is 0 Å². The van der Waals surface area contributed by atoms with Gasteiger partial charge >= 0.3 is 0 Å². The number of carbonyl (C=O) groups is 1. The molecular formula is C21H26N2O. The second kappa shape index (κ2) is 7.18. The largest absolute Gasteiger partial charge is 0.341 e. The zero-order valence-electron chi connectivity index (χ0n) is 14.8. The third-order valence-electron chi connectivity index (χ3n) is 4.65. The van der Waals surface area contributed by atoms with Gasteiger partial charge in [0.25, 0.3) is 0 Å². The molecule has 1 aliphatic rings. The van der Waals surface area contributed by atoms with Crippen LogP contribution in [-0.2, 0) is 12.8 Å². The minimum absolute atomic E-state index is 0.546. The molecule has 126 valence electrons. The summed E-state index contributed by atoms with van der Waals surface area (Å²) in [5, 5.41) is 0. The number of anilines is 2. The summed E-state index contributed by atoms with van der Waals surface area (Å²) in [5.74, 6) is 0.546. The molecule has 0 aromatic heterocycles. The highest BCUT2D eigenvalue weighted by Crippen LogP contribution is 2.36. The van der Waals surface area contributed by atoms with Crippen LogP contribution in [-0.4, -0.2) is 38.4 Å². The number of hydrogen-bond donors (Lipinski definition) is 0. The quantitative estimate of drug-likeness (QED) is 0.779. The lowest BCUT2D eigenvalue weighted by Crippen LogP contribution is -2.30. The molecule has 1 unspecified atom stereocenters. The van der Waals surface area contributed by atoms with E-state index in [-0.39, 0.29) is 0 Å². The Morgan fingerprint density at radius 1 is 1.08 bits per heavy atom. The van der Waals surface area contributed by atoms with Crippen molar-refractivity contribution < 1.29 is 4.79 Å². The van der Waals surface area contributed by atoms with Crippen LogP contribution in [0.2, 0.25) is 0 Å². The van der Waals surface area contributed by atoms with Gasteiger partial charge in [-0.25, -0.2) is 0 Å². The average Bonchev–Trinajstić information content (AvgIpc) is 2.71. The van der Waals surface area contributed by atoms with Gasteiger partial charge in [-0.3, -0.25) is 4.79 Å². The molecule has 3 nitrogen and oxygen atoms in total. The molecule has 0 amide bonds. The Bertz CT molecular complexity index is 724. The fourth-order valence-corrected chi connectivity index (χ4v) is 3.72. The summed E-state index contributed by atoms with van der Waals surface area (Å²) in [6, 6.07) is 14.8. The van der Waals surface area contributed by atoms with Crippen molar-refractivity contribution in [2.75, 3.05) is 32.1 Å². The average molecular weight is 322 g/mol. The first-order valence-electron chi connectivity index (χ1n) is 8.66. The van der Waals surface area contributed by atoms with Crippen molar-refractivity contribution in [3.63, 3.8) is 0 Å². The van der Waals surface area contributed by atoms with Gasteiger partial charge < -0.3 is 9.80 Å². The smallest absolute Gasteiger partial charge is 0.150 e. The standard InChI is InChI=1S/C21H26N2O/c1-16(13-22(2)3)14-23-20-7-5-4-6-18(20)9-10-19-12-17(15-24)8-11-21(19)23/h4-8,11-12,15-16H,9-10,13-14H2,1-3H3. The molecule has 0 bridgehead atoms. The molecule has 0 saturated carbocycles. The zero-order chi connectivity index (χ0) is 17.1. The van der Waals surface area contributed by atoms with Gasteiger partial charge in [0.1, 0.15) is 6.29 Å². The van der Waals surface area contributed by atoms with Crippen LogP contribution in [0.3, 0.4) is 0 Å². The predicted molar refractivity (Wildman–Crippen MR) is 100 cm³/mol. The van der Waals surface area contributed by atoms with Gasteiger partial charge in [-0.05, 0) is 68.2 Å². The molecule has 0 aliphatic carbocycles. The van der Waals surface area contributed by atoms with Crippen molar-refractivity contribution in [3.05, 3.63) is 59.2 Å². The number of aldehydes is 1. The van der Waals surface area contributed by atoms with Crippen LogP contribution in [0.4, 0.5) is 11.4 Å². The normalized spacial score (nSPS) is 14.8. The monoisotopic (exact) mass is 322 g/mol. The van der Waals surface area contributed by atoms with Crippen LogP contribution in [0.5, 0.6) is 0 Å². The van der Waals surface area contributed by atoms with Crippen LogP contribution >= 0.6 is 0 Å². The van der Waals surface area contributed by atoms with Crippen molar-refractivity contribution in [1.82, 2.24) is 4.90 Å². The first-order chi connectivity index (χ1) is 11.6. The van der Waals surface area contributed by atoms with E-state index in [0.29, 0.717) is 5.92 Å². The van der Waals surface area contributed by atoms with E-state index in [2.05, 4.69) is 67.2 Å². The molecule has 0 saturated heterocycles. The predicted octanol–water partition coefficient (Wildman–Crippen LogP) is 3.93. The highest BCUT2D eigenvalue weighted by atomic mass is 16.1. The molecule has 0 spiro atoms. The lowest BCUT2D eigenvalue weighted by molar-refractivity contribution is 0.112. The number of carbonyl (C=O) groups excluding carboxylic acids is 1. The highest BCUT2D eigenvalue weighted by Gasteiger charge is 2.22. The maximum Gasteiger partial charge on any atom is 0.150 e. The van der Waals surface area contributed by atoms with Crippen molar-refractivity contribution >= 4 is 17.7 Å². The summed E-state index contributed by atoms with van der Waals surface area (Å²) in [7, 11) is 4.24. The molecule has 3 heteroatoms. The topological polar surface area (TPSA) is 23.6 Å². The minimum Gasteiger partial charge on any atom is -0.341 e. The van der Waals surface area contributed by atoms with E-state index in [9.17, 15) is 4.79 Å². The maximum atomic E-state index is 11.2. The summed E-state index contributed by atoms with van der Waals surface area (Å²) in [4.78, 5) is 15.8. The third kappa shape index (κ3) is 3.51. The summed E-state index contributed by atoms with van der Waals surface area (Å²) >= 11 is 0. The Kier molecular flexibility index (Phi) is 5.00. The summed E-state index contributed by atoms with van der Waals surface area (Å²) < 4.78 is 0. The first kappa shape index (κ1) is 16.7. The van der Waals surface area contributed by atoms with Gasteiger partial charge in [-0.1, -0.05) is 25.1 Å². The van der Waals surface area contributed by atoms with E-state index in [0.717, 1.165) is 37.8 Å². The molecule has 0 radical (unpaired) electrons. The summed E-state index contributed by atoms with van der Waals surface area (Å²) in [6.45, 7) is 4.33. The van der Waals surface area contributed by atoms with Gasteiger partial charge in [-0.2, -0.15) is 0 Å². The number of para-hydroxylation sites is 1. The summed E-state index contributed by atoms with van der Waals surface area (Å²) in [6.07, 6.45) is 2.94. The molecule has 0 N–H and O–H groups in total. The molecule has 1 atom stereocenters. The van der Waals surface area contributed by atoms with Crippen LogP contribution < -0.4 is 4.90 Å². The van der Waals surface area contributed by atoms with Crippen molar-refractivity contribution in [1.29, 1.82) is 0 Å². The van der Waals surface area contributed by atoms with E-state index in [1.807, 2.05) is 6.07 Å². The highest BCUT2D eigenvalue weighted by molar-refractivity contribution is 5.79. The van der Waals surface area contributed by atoms with Gasteiger partial charge in [0.15, 0.2) is 0 Å². The van der Waals surface area contributed by atoms with Gasteiger partial charge in [-0.15, -0.1) is 0 Å². The zero-order valence-corrected chi connectivity index (χ0v) is 14.8. The van der Waals surface area contributed by atoms with Crippen LogP contribution in [0.1, 0.15) is 28.4 Å². The van der Waals surface area contributed by atoms with E-state index in [4.69, 9.17) is 0 Å². The SMILES string of the molecule is CC(CN(C)C)CN1c2ccccc2CCc2cc(C=O)ccc21. The molecule has 0 fully saturated rings. The van der Waals surface area contributed by atoms with Crippen molar-refractivity contribution in [2.45, 2.75) is 19.8 Å². The number of nitrogens with zero attached hydrogens (tertiary/aromatic N) is 2. The van der Waals surface area contributed by atoms with E-state index in [1.54, 1.807) is 0 Å². The number of benzene rings is 2. The summed E-state index contributed by atoms with van der Waals surface area (Å²) in [5.41, 5.74) is 5.98. The molecule has 2 aromatic carbocycles. The van der Waals surface area contributed by atoms with Crippen LogP contribution in [0, 0.1) is 5.92 Å². The van der Waals surface area contributed by atoms with E-state index >= 15 is 0 Å². The Morgan fingerprint density at radius 2 is 1.79 bits per heavy atom. The van der Waals surface area contributed by atoms with Gasteiger partial charge in [0, 0.05) is 30.0 Å². The molecular weight excluding hydrogens is 296 g/mol. The Morgan fingerprint density at radius 3 is 2.54 bits per heavy atom. The minimum atomic E-state index is 0.546. The number of fused-ring (bicyclic) bond motifs is 2. The van der Waals surface area contributed by atoms with Gasteiger partial charge in [0.2, 0.25) is 0 Å². The third-order valence-corrected chi connectivity index (χ3v) is 4.65. The molecule has 1 heterocycles. The number of rotatable bonds is 5. The molecule has 24 heavy (non-hydrogen) atoms. The van der Waals surface area contributed by atoms with E-state index < -0.39 is 0 Å². The number of aryl methyl sites for hydroxylation is 2. The second-order valence-corrected chi connectivity index (χ2v) is 7.11. The number of hydrogen-bond acceptors (Lipinski definition) is 3. The Labute approximate surface area is 144 Å². The first-order valence-corrected chi connectivity index (χ1v) is 8.66. The molecule has 3 rings (SSSR count). The fourth-order valence-electron chi connectivity index (χ4n) is 3.72. The maximum absolute atomic E-state index is 11.2. The lowest BCUT2D eigenvalue weighted by atomic mass is 10.0. The van der Waals surface area contributed by atoms with Crippen LogP contribution in [0.15, 0.2) is 42.5 Å². The van der Waals surface area contributed by atoms with Crippen LogP contribution in [0.25, 0.3) is 0 Å². The second-order valence-electron chi connectivity index (χ2n) is 7.11. The van der Waals surface area contributed by atoms with Crippen molar-refractivity contribution in [2.24, 2.45) is 5.92 Å². The van der Waals surface area contributed by atoms with Crippen molar-refractivity contribution in [3.8, 4) is 0 Å². The van der Waals surface area contributed by atoms with E-state index in [1.165, 1.54) is 22.5 Å². The molecule has 2 aromatic rings.